The van der Waals surface area contributed by atoms with Crippen molar-refractivity contribution in [3.05, 3.63) is 47.8 Å². The van der Waals surface area contributed by atoms with E-state index in [1.807, 2.05) is 0 Å². The van der Waals surface area contributed by atoms with Crippen molar-refractivity contribution < 1.29 is 0 Å². The summed E-state index contributed by atoms with van der Waals surface area (Å²) in [4.78, 5) is 0. The molecule has 0 aliphatic carbocycles. The first-order valence-electron chi connectivity index (χ1n) is 3.20. The predicted octanol–water partition coefficient (Wildman–Crippen LogP) is 1.72. The van der Waals surface area contributed by atoms with E-state index in [0.29, 0.717) is 6.71 Å². The third-order valence-corrected chi connectivity index (χ3v) is 1.71. The minimum atomic E-state index is 0.579. The Balaban J connectivity index is 2.40. The Labute approximate surface area is 55.3 Å². The summed E-state index contributed by atoms with van der Waals surface area (Å²) in [6.07, 6.45) is 10.6. The lowest BCUT2D eigenvalue weighted by molar-refractivity contribution is 1.80. The monoisotopic (exact) mass is 114 g/mol. The SMILES string of the molecule is C1=CB2C=CC=C2C=C1. The lowest BCUT2D eigenvalue weighted by Crippen LogP contribution is -2.07. The predicted molar refractivity (Wildman–Crippen MR) is 41.3 cm³/mol. The molecule has 0 fully saturated rings. The molecule has 42 valence electrons. The lowest BCUT2D eigenvalue weighted by Gasteiger charge is -2.02. The fourth-order valence-corrected chi connectivity index (χ4v) is 1.20. The second kappa shape index (κ2) is 1.76. The maximum atomic E-state index is 2.20. The van der Waals surface area contributed by atoms with Crippen LogP contribution in [0, 0.1) is 0 Å². The largest absolute Gasteiger partial charge is 0.226 e. The highest BCUT2D eigenvalue weighted by Gasteiger charge is 2.14. The van der Waals surface area contributed by atoms with Crippen molar-refractivity contribution in [1.29, 1.82) is 0 Å². The molecule has 0 saturated heterocycles. The zero-order chi connectivity index (χ0) is 6.10. The van der Waals surface area contributed by atoms with Gasteiger partial charge in [0.1, 0.15) is 0 Å². The zero-order valence-electron chi connectivity index (χ0n) is 5.12. The van der Waals surface area contributed by atoms with Crippen LogP contribution in [0.25, 0.3) is 0 Å². The van der Waals surface area contributed by atoms with E-state index in [4.69, 9.17) is 0 Å². The van der Waals surface area contributed by atoms with E-state index >= 15 is 0 Å². The number of allylic oxidation sites excluding steroid dienone is 6. The van der Waals surface area contributed by atoms with Gasteiger partial charge in [0, 0.05) is 0 Å². The molecule has 0 nitrogen and oxygen atoms in total. The molecule has 9 heavy (non-hydrogen) atoms. The smallest absolute Gasteiger partial charge is 0.106 e. The Morgan fingerprint density at radius 3 is 2.78 bits per heavy atom. The van der Waals surface area contributed by atoms with E-state index in [2.05, 4.69) is 42.3 Å². The molecule has 0 aromatic heterocycles. The Hall–Kier alpha value is -0.975. The number of rotatable bonds is 0. The summed E-state index contributed by atoms with van der Waals surface area (Å²) < 4.78 is 0. The fourth-order valence-electron chi connectivity index (χ4n) is 1.20. The molecule has 0 atom stereocenters. The number of hydrogen-bond donors (Lipinski definition) is 0. The number of hydrogen-bond acceptors (Lipinski definition) is 0. The maximum Gasteiger partial charge on any atom is 0.226 e. The van der Waals surface area contributed by atoms with Gasteiger partial charge in [-0.25, -0.2) is 0 Å². The van der Waals surface area contributed by atoms with Gasteiger partial charge in [-0.05, 0) is 0 Å². The van der Waals surface area contributed by atoms with Crippen LogP contribution in [0.5, 0.6) is 0 Å². The van der Waals surface area contributed by atoms with Gasteiger partial charge in [-0.2, -0.15) is 0 Å². The molecule has 2 aliphatic rings. The molecule has 2 heterocycles. The van der Waals surface area contributed by atoms with Crippen molar-refractivity contribution in [2.75, 3.05) is 0 Å². The molecule has 0 N–H and O–H groups in total. The van der Waals surface area contributed by atoms with Crippen LogP contribution in [0.2, 0.25) is 0 Å². The van der Waals surface area contributed by atoms with Crippen molar-refractivity contribution in [3.8, 4) is 0 Å². The quantitative estimate of drug-likeness (QED) is 0.420. The summed E-state index contributed by atoms with van der Waals surface area (Å²) in [5.41, 5.74) is 1.41. The molecule has 0 radical (unpaired) electrons. The Kier molecular flexibility index (Phi) is 0.953. The molecular formula is C8H7B. The van der Waals surface area contributed by atoms with Crippen LogP contribution < -0.4 is 0 Å². The molecule has 0 aromatic rings. The zero-order valence-corrected chi connectivity index (χ0v) is 5.12. The summed E-state index contributed by atoms with van der Waals surface area (Å²) in [5.74, 6) is 4.41. The minimum absolute atomic E-state index is 0.579. The van der Waals surface area contributed by atoms with Crippen LogP contribution in [0.4, 0.5) is 0 Å². The van der Waals surface area contributed by atoms with E-state index in [0.717, 1.165) is 0 Å². The highest BCUT2D eigenvalue weighted by Crippen LogP contribution is 2.15. The van der Waals surface area contributed by atoms with Crippen LogP contribution >= 0.6 is 0 Å². The van der Waals surface area contributed by atoms with Crippen molar-refractivity contribution in [1.82, 2.24) is 0 Å². The summed E-state index contributed by atoms with van der Waals surface area (Å²) in [5, 5.41) is 0. The van der Waals surface area contributed by atoms with Gasteiger partial charge < -0.3 is 0 Å². The average molecular weight is 114 g/mol. The van der Waals surface area contributed by atoms with Gasteiger partial charge in [0.25, 0.3) is 0 Å². The number of fused-ring (bicyclic) bond motifs is 1. The third-order valence-electron chi connectivity index (χ3n) is 1.71. The standard InChI is InChI=1S/C8H7B/c1-2-6-9-7-3-5-8(9)4-1/h1-7H. The Bertz CT molecular complexity index is 231. The third kappa shape index (κ3) is 0.691. The van der Waals surface area contributed by atoms with Crippen LogP contribution in [0.15, 0.2) is 47.8 Å². The van der Waals surface area contributed by atoms with E-state index in [-0.39, 0.29) is 0 Å². The van der Waals surface area contributed by atoms with Gasteiger partial charge >= 0.3 is 0 Å². The molecule has 1 heteroatoms. The molecule has 0 spiro atoms. The molecule has 2 rings (SSSR count). The summed E-state index contributed by atoms with van der Waals surface area (Å²) >= 11 is 0. The second-order valence-corrected chi connectivity index (χ2v) is 2.32. The molecular weight excluding hydrogens is 107 g/mol. The maximum absolute atomic E-state index is 2.20. The summed E-state index contributed by atoms with van der Waals surface area (Å²) in [7, 11) is 0. The van der Waals surface area contributed by atoms with Crippen molar-refractivity contribution in [3.63, 3.8) is 0 Å². The van der Waals surface area contributed by atoms with Gasteiger partial charge in [0.15, 0.2) is 0 Å². The van der Waals surface area contributed by atoms with Gasteiger partial charge in [-0.15, -0.1) is 12.0 Å². The minimum Gasteiger partial charge on any atom is -0.106 e. The molecule has 2 aliphatic heterocycles. The first-order valence-corrected chi connectivity index (χ1v) is 3.20. The van der Waals surface area contributed by atoms with Crippen LogP contribution in [0.3, 0.4) is 0 Å². The van der Waals surface area contributed by atoms with E-state index in [9.17, 15) is 0 Å². The highest BCUT2D eigenvalue weighted by atomic mass is 13.9. The van der Waals surface area contributed by atoms with Crippen molar-refractivity contribution in [2.45, 2.75) is 0 Å². The molecule has 0 saturated carbocycles. The normalized spacial score (nSPS) is 20.4. The average Bonchev–Trinajstić information content (AvgIpc) is 2.33. The Morgan fingerprint density at radius 1 is 1.00 bits per heavy atom. The first-order chi connectivity index (χ1) is 4.47. The van der Waals surface area contributed by atoms with Gasteiger partial charge in [0.05, 0.1) is 0 Å². The van der Waals surface area contributed by atoms with Crippen LogP contribution in [-0.4, -0.2) is 6.71 Å². The van der Waals surface area contributed by atoms with E-state index in [1.165, 1.54) is 5.47 Å². The fraction of sp³-hybridized carbons (Fsp3) is 0. The second-order valence-electron chi connectivity index (χ2n) is 2.32. The van der Waals surface area contributed by atoms with Gasteiger partial charge in [-0.1, -0.05) is 35.9 Å². The molecule has 0 aromatic carbocycles. The molecule has 0 unspecified atom stereocenters. The van der Waals surface area contributed by atoms with Crippen molar-refractivity contribution >= 4 is 6.71 Å². The molecule has 0 bridgehead atoms. The van der Waals surface area contributed by atoms with Crippen molar-refractivity contribution in [2.24, 2.45) is 0 Å². The van der Waals surface area contributed by atoms with Gasteiger partial charge in [0.2, 0.25) is 6.71 Å². The Morgan fingerprint density at radius 2 is 1.89 bits per heavy atom. The lowest BCUT2D eigenvalue weighted by atomic mass is 9.45. The van der Waals surface area contributed by atoms with Gasteiger partial charge in [-0.3, -0.25) is 0 Å². The summed E-state index contributed by atoms with van der Waals surface area (Å²) in [6, 6.07) is 0. The van der Waals surface area contributed by atoms with E-state index in [1.54, 1.807) is 0 Å². The van der Waals surface area contributed by atoms with Crippen LogP contribution in [0.1, 0.15) is 0 Å². The van der Waals surface area contributed by atoms with Crippen LogP contribution in [-0.2, 0) is 0 Å². The highest BCUT2D eigenvalue weighted by molar-refractivity contribution is 6.78. The summed E-state index contributed by atoms with van der Waals surface area (Å²) in [6.45, 7) is 0.579. The first kappa shape index (κ1) is 4.86. The van der Waals surface area contributed by atoms with E-state index < -0.39 is 0 Å². The topological polar surface area (TPSA) is 0 Å². The molecule has 0 amide bonds.